The number of fused-ring (bicyclic) bond motifs is 1. The largest absolute Gasteiger partial charge is 0.268 e. The van der Waals surface area contributed by atoms with Gasteiger partial charge in [-0.05, 0) is 36.4 Å². The third-order valence-electron chi connectivity index (χ3n) is 3.20. The summed E-state index contributed by atoms with van der Waals surface area (Å²) >= 11 is 11.0. The first-order chi connectivity index (χ1) is 11.1. The molecule has 2 aromatic carbocycles. The molecule has 0 unspecified atom stereocenters. The summed E-state index contributed by atoms with van der Waals surface area (Å²) in [5.41, 5.74) is 1.25. The topological polar surface area (TPSA) is 34.9 Å². The molecule has 1 aromatic heterocycles. The molecular weight excluding hydrogens is 396 g/mol. The van der Waals surface area contributed by atoms with Gasteiger partial charge in [-0.15, -0.1) is 6.58 Å². The second-order valence-electron chi connectivity index (χ2n) is 4.78. The van der Waals surface area contributed by atoms with E-state index in [0.717, 1.165) is 4.47 Å². The molecular formula is C17H12BrClN2OS. The van der Waals surface area contributed by atoms with Crippen molar-refractivity contribution in [2.24, 2.45) is 0 Å². The highest BCUT2D eigenvalue weighted by Gasteiger charge is 2.13. The number of benzene rings is 2. The highest BCUT2D eigenvalue weighted by molar-refractivity contribution is 9.10. The van der Waals surface area contributed by atoms with Crippen molar-refractivity contribution >= 4 is 50.2 Å². The lowest BCUT2D eigenvalue weighted by atomic mass is 10.2. The highest BCUT2D eigenvalue weighted by atomic mass is 79.9. The molecule has 0 saturated heterocycles. The summed E-state index contributed by atoms with van der Waals surface area (Å²) in [4.78, 5) is 17.6. The van der Waals surface area contributed by atoms with E-state index in [9.17, 15) is 4.79 Å². The zero-order valence-corrected chi connectivity index (χ0v) is 15.2. The van der Waals surface area contributed by atoms with Gasteiger partial charge in [0.25, 0.3) is 5.56 Å². The Hall–Kier alpha value is -1.56. The van der Waals surface area contributed by atoms with Crippen LogP contribution in [0.4, 0.5) is 0 Å². The second kappa shape index (κ2) is 6.91. The summed E-state index contributed by atoms with van der Waals surface area (Å²) < 4.78 is 2.48. The molecule has 0 aliphatic carbocycles. The number of hydrogen-bond acceptors (Lipinski definition) is 3. The van der Waals surface area contributed by atoms with Gasteiger partial charge in [0.2, 0.25) is 0 Å². The lowest BCUT2D eigenvalue weighted by Gasteiger charge is -2.13. The molecule has 0 aliphatic heterocycles. The van der Waals surface area contributed by atoms with E-state index in [1.807, 2.05) is 24.3 Å². The van der Waals surface area contributed by atoms with Gasteiger partial charge < -0.3 is 0 Å². The molecule has 0 fully saturated rings. The Labute approximate surface area is 151 Å². The molecule has 0 atom stereocenters. The maximum absolute atomic E-state index is 13.0. The number of thioether (sulfide) groups is 1. The van der Waals surface area contributed by atoms with Crippen molar-refractivity contribution < 1.29 is 0 Å². The monoisotopic (exact) mass is 406 g/mol. The molecule has 0 radical (unpaired) electrons. The molecule has 23 heavy (non-hydrogen) atoms. The first kappa shape index (κ1) is 16.3. The van der Waals surface area contributed by atoms with Gasteiger partial charge in [0.05, 0.1) is 16.6 Å². The molecule has 6 heteroatoms. The fourth-order valence-corrected chi connectivity index (χ4v) is 3.49. The SMILES string of the molecule is C=CCSc1nc2cc(Br)ccc2c(=O)n1-c1cccc(Cl)c1. The van der Waals surface area contributed by atoms with Crippen LogP contribution in [0.2, 0.25) is 5.02 Å². The molecule has 0 amide bonds. The minimum atomic E-state index is -0.115. The zero-order valence-electron chi connectivity index (χ0n) is 12.0. The van der Waals surface area contributed by atoms with Crippen LogP contribution in [-0.4, -0.2) is 15.3 Å². The van der Waals surface area contributed by atoms with Gasteiger partial charge >= 0.3 is 0 Å². The fourth-order valence-electron chi connectivity index (χ4n) is 2.21. The van der Waals surface area contributed by atoms with E-state index in [1.54, 1.807) is 28.8 Å². The maximum Gasteiger partial charge on any atom is 0.266 e. The van der Waals surface area contributed by atoms with E-state index in [-0.39, 0.29) is 5.56 Å². The molecule has 3 aromatic rings. The normalized spacial score (nSPS) is 10.9. The van der Waals surface area contributed by atoms with Crippen molar-refractivity contribution in [1.82, 2.24) is 9.55 Å². The average Bonchev–Trinajstić information content (AvgIpc) is 2.52. The summed E-state index contributed by atoms with van der Waals surface area (Å²) in [6.45, 7) is 3.73. The number of aromatic nitrogens is 2. The quantitative estimate of drug-likeness (QED) is 0.344. The highest BCUT2D eigenvalue weighted by Crippen LogP contribution is 2.24. The van der Waals surface area contributed by atoms with E-state index < -0.39 is 0 Å². The molecule has 0 spiro atoms. The standard InChI is InChI=1S/C17H12BrClN2OS/c1-2-8-23-17-20-15-9-11(18)6-7-14(15)16(22)21(17)13-5-3-4-12(19)10-13/h2-7,9-10H,1,8H2. The van der Waals surface area contributed by atoms with Crippen LogP contribution in [-0.2, 0) is 0 Å². The van der Waals surface area contributed by atoms with Gasteiger partial charge in [-0.25, -0.2) is 4.98 Å². The zero-order chi connectivity index (χ0) is 16.4. The van der Waals surface area contributed by atoms with E-state index in [0.29, 0.717) is 32.5 Å². The van der Waals surface area contributed by atoms with Gasteiger partial charge in [-0.1, -0.05) is 51.4 Å². The number of nitrogens with zero attached hydrogens (tertiary/aromatic N) is 2. The van der Waals surface area contributed by atoms with Gasteiger partial charge in [-0.3, -0.25) is 9.36 Å². The Morgan fingerprint density at radius 1 is 1.30 bits per heavy atom. The fraction of sp³-hybridized carbons (Fsp3) is 0.0588. The molecule has 1 heterocycles. The molecule has 3 nitrogen and oxygen atoms in total. The van der Waals surface area contributed by atoms with Crippen molar-refractivity contribution in [1.29, 1.82) is 0 Å². The predicted octanol–water partition coefficient (Wildman–Crippen LogP) is 5.08. The third kappa shape index (κ3) is 3.37. The van der Waals surface area contributed by atoms with E-state index in [4.69, 9.17) is 11.6 Å². The van der Waals surface area contributed by atoms with Gasteiger partial charge in [0, 0.05) is 15.2 Å². The molecule has 0 bridgehead atoms. The second-order valence-corrected chi connectivity index (χ2v) is 7.12. The van der Waals surface area contributed by atoms with Crippen molar-refractivity contribution in [2.75, 3.05) is 5.75 Å². The van der Waals surface area contributed by atoms with Crippen molar-refractivity contribution in [3.63, 3.8) is 0 Å². The van der Waals surface area contributed by atoms with Crippen LogP contribution in [0, 0.1) is 0 Å². The van der Waals surface area contributed by atoms with Crippen molar-refractivity contribution in [3.05, 3.63) is 75.0 Å². The van der Waals surface area contributed by atoms with Crippen LogP contribution in [0.5, 0.6) is 0 Å². The average molecular weight is 408 g/mol. The first-order valence-electron chi connectivity index (χ1n) is 6.82. The maximum atomic E-state index is 13.0. The number of rotatable bonds is 4. The van der Waals surface area contributed by atoms with Crippen LogP contribution in [0.25, 0.3) is 16.6 Å². The lowest BCUT2D eigenvalue weighted by Crippen LogP contribution is -2.21. The van der Waals surface area contributed by atoms with Gasteiger partial charge in [0.15, 0.2) is 5.16 Å². The van der Waals surface area contributed by atoms with Crippen LogP contribution < -0.4 is 5.56 Å². The summed E-state index contributed by atoms with van der Waals surface area (Å²) in [7, 11) is 0. The molecule has 116 valence electrons. The number of hydrogen-bond donors (Lipinski definition) is 0. The number of halogens is 2. The van der Waals surface area contributed by atoms with E-state index >= 15 is 0 Å². The van der Waals surface area contributed by atoms with Crippen molar-refractivity contribution in [3.8, 4) is 5.69 Å². The first-order valence-corrected chi connectivity index (χ1v) is 8.98. The lowest BCUT2D eigenvalue weighted by molar-refractivity contribution is 0.821. The van der Waals surface area contributed by atoms with Crippen molar-refractivity contribution in [2.45, 2.75) is 5.16 Å². The summed E-state index contributed by atoms with van der Waals surface area (Å²) in [6, 6.07) is 12.7. The molecule has 0 saturated carbocycles. The Morgan fingerprint density at radius 3 is 2.87 bits per heavy atom. The summed E-state index contributed by atoms with van der Waals surface area (Å²) in [5, 5.41) is 1.75. The minimum Gasteiger partial charge on any atom is -0.268 e. The molecule has 0 N–H and O–H groups in total. The third-order valence-corrected chi connectivity index (χ3v) is 4.86. The van der Waals surface area contributed by atoms with Gasteiger partial charge in [-0.2, -0.15) is 0 Å². The van der Waals surface area contributed by atoms with Crippen LogP contribution >= 0.6 is 39.3 Å². The van der Waals surface area contributed by atoms with E-state index in [2.05, 4.69) is 27.5 Å². The van der Waals surface area contributed by atoms with Crippen LogP contribution in [0.3, 0.4) is 0 Å². The molecule has 0 aliphatic rings. The Morgan fingerprint density at radius 2 is 2.13 bits per heavy atom. The predicted molar refractivity (Wildman–Crippen MR) is 101 cm³/mol. The van der Waals surface area contributed by atoms with Crippen LogP contribution in [0.1, 0.15) is 0 Å². The Kier molecular flexibility index (Phi) is 4.90. The van der Waals surface area contributed by atoms with E-state index in [1.165, 1.54) is 11.8 Å². The molecule has 3 rings (SSSR count). The summed E-state index contributed by atoms with van der Waals surface area (Å²) in [5.74, 6) is 0.659. The minimum absolute atomic E-state index is 0.115. The smallest absolute Gasteiger partial charge is 0.266 e. The van der Waals surface area contributed by atoms with Crippen LogP contribution in [0.15, 0.2) is 69.5 Å². The Bertz CT molecular complexity index is 955. The van der Waals surface area contributed by atoms with Gasteiger partial charge in [0.1, 0.15) is 0 Å². The Balaban J connectivity index is 2.33. The summed E-state index contributed by atoms with van der Waals surface area (Å²) in [6.07, 6.45) is 1.78.